The maximum Gasteiger partial charge on any atom is 0.188 e. The van der Waals surface area contributed by atoms with Crippen LogP contribution in [-0.2, 0) is 9.53 Å². The van der Waals surface area contributed by atoms with E-state index in [2.05, 4.69) is 6.07 Å². The molecule has 1 fully saturated rings. The molecule has 1 aromatic rings. The van der Waals surface area contributed by atoms with E-state index in [9.17, 15) is 4.79 Å². The lowest BCUT2D eigenvalue weighted by molar-refractivity contribution is -0.120. The fraction of sp³-hybridized carbons (Fsp3) is 0.500. The zero-order valence-electron chi connectivity index (χ0n) is 10.1. The second-order valence-electron chi connectivity index (χ2n) is 4.40. The van der Waals surface area contributed by atoms with E-state index < -0.39 is 0 Å². The molecule has 2 rings (SSSR count). The molecular weight excluding hydrogens is 216 g/mol. The van der Waals surface area contributed by atoms with E-state index in [4.69, 9.17) is 9.47 Å². The van der Waals surface area contributed by atoms with Crippen molar-refractivity contribution in [1.82, 2.24) is 0 Å². The summed E-state index contributed by atoms with van der Waals surface area (Å²) in [5.74, 6) is 1.71. The van der Waals surface area contributed by atoms with E-state index in [-0.39, 0.29) is 6.79 Å². The number of carbonyl (C=O) groups is 1. The van der Waals surface area contributed by atoms with Gasteiger partial charge in [-0.25, -0.2) is 0 Å². The van der Waals surface area contributed by atoms with Crippen molar-refractivity contribution in [3.63, 3.8) is 0 Å². The quantitative estimate of drug-likeness (QED) is 0.751. The number of Topliss-reactive ketones (excluding diaryl/α,β-unsaturated/α-hetero) is 1. The zero-order valence-corrected chi connectivity index (χ0v) is 10.1. The molecule has 92 valence electrons. The maximum atomic E-state index is 11.2. The summed E-state index contributed by atoms with van der Waals surface area (Å²) in [4.78, 5) is 11.2. The number of ketones is 1. The largest absolute Gasteiger partial charge is 0.467 e. The summed E-state index contributed by atoms with van der Waals surface area (Å²) in [6.07, 6.45) is 3.27. The Balaban J connectivity index is 2.10. The van der Waals surface area contributed by atoms with Crippen LogP contribution in [0.4, 0.5) is 0 Å². The second-order valence-corrected chi connectivity index (χ2v) is 4.40. The minimum atomic E-state index is 0.267. The van der Waals surface area contributed by atoms with Crippen LogP contribution in [0.5, 0.6) is 5.75 Å². The summed E-state index contributed by atoms with van der Waals surface area (Å²) in [6, 6.07) is 8.03. The molecule has 0 aromatic heterocycles. The van der Waals surface area contributed by atoms with Crippen LogP contribution in [0.2, 0.25) is 0 Å². The smallest absolute Gasteiger partial charge is 0.188 e. The number of para-hydroxylation sites is 1. The Hall–Kier alpha value is -1.35. The highest BCUT2D eigenvalue weighted by atomic mass is 16.7. The molecule has 0 radical (unpaired) electrons. The van der Waals surface area contributed by atoms with Crippen molar-refractivity contribution < 1.29 is 14.3 Å². The van der Waals surface area contributed by atoms with Crippen LogP contribution >= 0.6 is 0 Å². The molecule has 0 amide bonds. The molecule has 0 N–H and O–H groups in total. The lowest BCUT2D eigenvalue weighted by Crippen LogP contribution is -2.13. The number of methoxy groups -OCH3 is 1. The first-order valence-corrected chi connectivity index (χ1v) is 6.03. The molecule has 1 saturated carbocycles. The normalized spacial score (nSPS) is 17.1. The van der Waals surface area contributed by atoms with Gasteiger partial charge in [0.2, 0.25) is 0 Å². The third-order valence-corrected chi connectivity index (χ3v) is 3.23. The Bertz CT molecular complexity index is 377. The Morgan fingerprint density at radius 3 is 2.65 bits per heavy atom. The highest BCUT2D eigenvalue weighted by Gasteiger charge is 2.22. The van der Waals surface area contributed by atoms with E-state index >= 15 is 0 Å². The van der Waals surface area contributed by atoms with Crippen LogP contribution in [0.3, 0.4) is 0 Å². The molecule has 0 saturated heterocycles. The highest BCUT2D eigenvalue weighted by molar-refractivity contribution is 5.79. The molecule has 1 aliphatic carbocycles. The van der Waals surface area contributed by atoms with Gasteiger partial charge in [-0.15, -0.1) is 0 Å². The third-order valence-electron chi connectivity index (χ3n) is 3.23. The number of ether oxygens (including phenoxy) is 2. The van der Waals surface area contributed by atoms with Crippen molar-refractivity contribution in [1.29, 1.82) is 0 Å². The summed E-state index contributed by atoms with van der Waals surface area (Å²) in [6.45, 7) is 0.267. The van der Waals surface area contributed by atoms with Crippen LogP contribution in [-0.4, -0.2) is 19.7 Å². The maximum absolute atomic E-state index is 11.2. The lowest BCUT2D eigenvalue weighted by atomic mass is 9.83. The van der Waals surface area contributed by atoms with Crippen LogP contribution < -0.4 is 4.74 Å². The van der Waals surface area contributed by atoms with Gasteiger partial charge in [0.15, 0.2) is 6.79 Å². The number of rotatable bonds is 4. The van der Waals surface area contributed by atoms with Gasteiger partial charge < -0.3 is 9.47 Å². The SMILES string of the molecule is COCOc1ccccc1C1CCC(=O)CC1. The van der Waals surface area contributed by atoms with E-state index in [0.29, 0.717) is 24.5 Å². The molecular formula is C14H18O3. The lowest BCUT2D eigenvalue weighted by Gasteiger charge is -2.23. The van der Waals surface area contributed by atoms with Crippen molar-refractivity contribution in [3.05, 3.63) is 29.8 Å². The molecule has 0 aliphatic heterocycles. The standard InChI is InChI=1S/C14H18O3/c1-16-10-17-14-5-3-2-4-13(14)11-6-8-12(15)9-7-11/h2-5,11H,6-10H2,1H3. The monoisotopic (exact) mass is 234 g/mol. The molecule has 3 heteroatoms. The number of benzene rings is 1. The molecule has 0 spiro atoms. The van der Waals surface area contributed by atoms with Crippen LogP contribution in [0.1, 0.15) is 37.2 Å². The van der Waals surface area contributed by atoms with Crippen LogP contribution in [0.15, 0.2) is 24.3 Å². The number of hydrogen-bond acceptors (Lipinski definition) is 3. The summed E-state index contributed by atoms with van der Waals surface area (Å²) < 4.78 is 10.5. The topological polar surface area (TPSA) is 35.5 Å². The minimum absolute atomic E-state index is 0.267. The van der Waals surface area contributed by atoms with Gasteiger partial charge in [-0.3, -0.25) is 4.79 Å². The first kappa shape index (κ1) is 12.1. The van der Waals surface area contributed by atoms with Gasteiger partial charge in [0, 0.05) is 20.0 Å². The van der Waals surface area contributed by atoms with Gasteiger partial charge in [0.1, 0.15) is 11.5 Å². The molecule has 0 heterocycles. The second kappa shape index (κ2) is 5.82. The third kappa shape index (κ3) is 3.07. The van der Waals surface area contributed by atoms with E-state index in [1.807, 2.05) is 18.2 Å². The van der Waals surface area contributed by atoms with Gasteiger partial charge in [0.25, 0.3) is 0 Å². The average molecular weight is 234 g/mol. The zero-order chi connectivity index (χ0) is 12.1. The van der Waals surface area contributed by atoms with Crippen molar-refractivity contribution in [2.75, 3.05) is 13.9 Å². The van der Waals surface area contributed by atoms with Crippen LogP contribution in [0, 0.1) is 0 Å². The molecule has 1 aliphatic rings. The number of carbonyl (C=O) groups excluding carboxylic acids is 1. The molecule has 1 aromatic carbocycles. The van der Waals surface area contributed by atoms with Gasteiger partial charge in [-0.2, -0.15) is 0 Å². The summed E-state index contributed by atoms with van der Waals surface area (Å²) in [5, 5.41) is 0. The van der Waals surface area contributed by atoms with Gasteiger partial charge >= 0.3 is 0 Å². The minimum Gasteiger partial charge on any atom is -0.467 e. The Morgan fingerprint density at radius 2 is 1.94 bits per heavy atom. The molecule has 3 nitrogen and oxygen atoms in total. The van der Waals surface area contributed by atoms with Crippen molar-refractivity contribution >= 4 is 5.78 Å². The van der Waals surface area contributed by atoms with Crippen molar-refractivity contribution in [2.24, 2.45) is 0 Å². The first-order chi connectivity index (χ1) is 8.31. The molecule has 17 heavy (non-hydrogen) atoms. The van der Waals surface area contributed by atoms with Crippen LogP contribution in [0.25, 0.3) is 0 Å². The first-order valence-electron chi connectivity index (χ1n) is 6.03. The van der Waals surface area contributed by atoms with E-state index in [1.165, 1.54) is 5.56 Å². The molecule has 0 unspecified atom stereocenters. The molecule has 0 atom stereocenters. The number of hydrogen-bond donors (Lipinski definition) is 0. The summed E-state index contributed by atoms with van der Waals surface area (Å²) >= 11 is 0. The Labute approximate surface area is 102 Å². The van der Waals surface area contributed by atoms with E-state index in [1.54, 1.807) is 7.11 Å². The average Bonchev–Trinajstić information content (AvgIpc) is 2.38. The van der Waals surface area contributed by atoms with E-state index in [0.717, 1.165) is 18.6 Å². The van der Waals surface area contributed by atoms with Gasteiger partial charge in [0.05, 0.1) is 0 Å². The predicted molar refractivity (Wildman–Crippen MR) is 65.2 cm³/mol. The Kier molecular flexibility index (Phi) is 4.15. The predicted octanol–water partition coefficient (Wildman–Crippen LogP) is 2.90. The van der Waals surface area contributed by atoms with Gasteiger partial charge in [-0.1, -0.05) is 18.2 Å². The summed E-state index contributed by atoms with van der Waals surface area (Å²) in [5.41, 5.74) is 1.21. The fourth-order valence-corrected chi connectivity index (χ4v) is 2.32. The van der Waals surface area contributed by atoms with Crippen molar-refractivity contribution in [2.45, 2.75) is 31.6 Å². The Morgan fingerprint density at radius 1 is 1.24 bits per heavy atom. The molecule has 0 bridgehead atoms. The highest BCUT2D eigenvalue weighted by Crippen LogP contribution is 2.36. The van der Waals surface area contributed by atoms with Gasteiger partial charge in [-0.05, 0) is 30.4 Å². The fourth-order valence-electron chi connectivity index (χ4n) is 2.32. The van der Waals surface area contributed by atoms with Crippen molar-refractivity contribution in [3.8, 4) is 5.75 Å². The summed E-state index contributed by atoms with van der Waals surface area (Å²) in [7, 11) is 1.61.